The highest BCUT2D eigenvalue weighted by Crippen LogP contribution is 2.26. The van der Waals surface area contributed by atoms with Gasteiger partial charge >= 0.3 is 6.03 Å². The Kier molecular flexibility index (Phi) is 4.49. The molecule has 3 aromatic rings. The van der Waals surface area contributed by atoms with Crippen LogP contribution < -0.4 is 15.4 Å². The number of halogens is 2. The third-order valence-electron chi connectivity index (χ3n) is 2.98. The average molecular weight is 369 g/mol. The molecule has 3 rings (SSSR count). The molecule has 0 spiro atoms. The van der Waals surface area contributed by atoms with Gasteiger partial charge in [-0.2, -0.15) is 0 Å². The number of imidazole rings is 1. The lowest BCUT2D eigenvalue weighted by molar-refractivity contribution is 0.262. The largest absolute Gasteiger partial charge is 0.340 e. The smallest absolute Gasteiger partial charge is 0.325 e. The van der Waals surface area contributed by atoms with Crippen molar-refractivity contribution in [2.75, 3.05) is 15.4 Å². The fraction of sp³-hybridized carbons (Fsp3) is 0. The molecule has 2 aromatic heterocycles. The van der Waals surface area contributed by atoms with Gasteiger partial charge in [-0.25, -0.2) is 32.7 Å². The van der Waals surface area contributed by atoms with Crippen molar-refractivity contribution in [3.63, 3.8) is 0 Å². The number of carbonyl (C=O) groups is 1. The van der Waals surface area contributed by atoms with Crippen molar-refractivity contribution >= 4 is 45.7 Å². The van der Waals surface area contributed by atoms with E-state index < -0.39 is 40.3 Å². The number of benzene rings is 1. The Bertz CT molecular complexity index is 980. The van der Waals surface area contributed by atoms with E-state index in [0.29, 0.717) is 11.2 Å². The zero-order valence-corrected chi connectivity index (χ0v) is 12.9. The highest BCUT2D eigenvalue weighted by Gasteiger charge is 2.18. The second-order valence-corrected chi connectivity index (χ2v) is 5.24. The van der Waals surface area contributed by atoms with Gasteiger partial charge in [0.25, 0.3) is 11.3 Å². The number of hydrogen-bond donors (Lipinski definition) is 5. The molecule has 130 valence electrons. The van der Waals surface area contributed by atoms with Crippen LogP contribution in [0.15, 0.2) is 24.8 Å². The molecule has 2 heterocycles. The third kappa shape index (κ3) is 3.51. The van der Waals surface area contributed by atoms with Crippen LogP contribution in [0.5, 0.6) is 0 Å². The summed E-state index contributed by atoms with van der Waals surface area (Å²) in [5.74, 6) is -2.27. The normalized spacial score (nSPS) is 12.0. The van der Waals surface area contributed by atoms with Gasteiger partial charge in [0.2, 0.25) is 0 Å². The van der Waals surface area contributed by atoms with Gasteiger partial charge in [0.15, 0.2) is 17.3 Å². The molecule has 0 aliphatic carbocycles. The van der Waals surface area contributed by atoms with E-state index in [4.69, 9.17) is 4.55 Å². The summed E-state index contributed by atoms with van der Waals surface area (Å²) in [6, 6.07) is 0.751. The number of rotatable bonds is 4. The molecular formula is C12H9F2N7O3S. The van der Waals surface area contributed by atoms with Crippen molar-refractivity contribution in [3.8, 4) is 0 Å². The highest BCUT2D eigenvalue weighted by atomic mass is 32.2. The molecular weight excluding hydrogens is 360 g/mol. The van der Waals surface area contributed by atoms with Crippen LogP contribution in [0, 0.1) is 11.6 Å². The van der Waals surface area contributed by atoms with Crippen molar-refractivity contribution in [1.82, 2.24) is 19.9 Å². The van der Waals surface area contributed by atoms with E-state index in [0.717, 1.165) is 18.5 Å². The number of nitrogens with one attached hydrogen (secondary N) is 4. The van der Waals surface area contributed by atoms with Gasteiger partial charge in [0.1, 0.15) is 23.3 Å². The summed E-state index contributed by atoms with van der Waals surface area (Å²) in [4.78, 5) is 26.3. The van der Waals surface area contributed by atoms with E-state index in [1.165, 1.54) is 6.33 Å². The van der Waals surface area contributed by atoms with Crippen LogP contribution in [-0.2, 0) is 11.3 Å². The van der Waals surface area contributed by atoms with Crippen LogP contribution in [0.1, 0.15) is 0 Å². The number of hydrogen-bond acceptors (Lipinski definition) is 5. The Morgan fingerprint density at radius 1 is 1.20 bits per heavy atom. The molecule has 0 radical (unpaired) electrons. The van der Waals surface area contributed by atoms with Crippen molar-refractivity contribution in [3.05, 3.63) is 36.4 Å². The molecule has 0 aliphatic rings. The number of aromatic nitrogens is 4. The summed E-state index contributed by atoms with van der Waals surface area (Å²) >= 11 is -2.57. The zero-order chi connectivity index (χ0) is 18.0. The second kappa shape index (κ2) is 6.74. The molecule has 2 amide bonds. The molecule has 0 aliphatic heterocycles. The molecule has 1 unspecified atom stereocenters. The Labute approximate surface area is 140 Å². The van der Waals surface area contributed by atoms with Gasteiger partial charge in [0.05, 0.1) is 12.0 Å². The Morgan fingerprint density at radius 3 is 2.76 bits per heavy atom. The predicted molar refractivity (Wildman–Crippen MR) is 85.1 cm³/mol. The molecule has 0 saturated heterocycles. The topological polar surface area (TPSA) is 145 Å². The summed E-state index contributed by atoms with van der Waals surface area (Å²) in [7, 11) is 0. The van der Waals surface area contributed by atoms with Gasteiger partial charge in [-0.05, 0) is 12.1 Å². The summed E-state index contributed by atoms with van der Waals surface area (Å²) in [5.41, 5.74) is -0.651. The van der Waals surface area contributed by atoms with Crippen LogP contribution in [0.3, 0.4) is 0 Å². The van der Waals surface area contributed by atoms with E-state index in [9.17, 15) is 17.8 Å². The SMILES string of the molecule is O=C(Nc1c(F)ccc(NS(=O)O)c1F)Nc1ncnc2nc[nH]c12. The molecule has 1 atom stereocenters. The molecule has 0 bridgehead atoms. The van der Waals surface area contributed by atoms with E-state index in [1.54, 1.807) is 0 Å². The number of urea groups is 1. The molecule has 1 aromatic carbocycles. The van der Waals surface area contributed by atoms with Gasteiger partial charge in [-0.3, -0.25) is 14.6 Å². The number of anilines is 3. The molecule has 13 heteroatoms. The first-order valence-electron chi connectivity index (χ1n) is 6.53. The summed E-state index contributed by atoms with van der Waals surface area (Å²) < 4.78 is 49.2. The number of nitrogens with zero attached hydrogens (tertiary/aromatic N) is 3. The second-order valence-electron chi connectivity index (χ2n) is 4.54. The van der Waals surface area contributed by atoms with Crippen molar-refractivity contribution in [2.45, 2.75) is 0 Å². The van der Waals surface area contributed by atoms with Crippen molar-refractivity contribution in [2.24, 2.45) is 0 Å². The quantitative estimate of drug-likeness (QED) is 0.444. The number of amides is 2. The molecule has 0 fully saturated rings. The first-order valence-corrected chi connectivity index (χ1v) is 7.64. The summed E-state index contributed by atoms with van der Waals surface area (Å²) in [6.45, 7) is 0. The molecule has 25 heavy (non-hydrogen) atoms. The highest BCUT2D eigenvalue weighted by molar-refractivity contribution is 7.80. The minimum atomic E-state index is -2.57. The summed E-state index contributed by atoms with van der Waals surface area (Å²) in [5, 5.41) is 4.28. The average Bonchev–Trinajstić information content (AvgIpc) is 3.03. The number of aromatic amines is 1. The first kappa shape index (κ1) is 16.7. The van der Waals surface area contributed by atoms with Crippen LogP contribution in [-0.4, -0.2) is 34.7 Å². The fourth-order valence-corrected chi connectivity index (χ4v) is 2.30. The Morgan fingerprint density at radius 2 is 2.00 bits per heavy atom. The first-order chi connectivity index (χ1) is 12.0. The van der Waals surface area contributed by atoms with E-state index in [1.807, 2.05) is 10.0 Å². The van der Waals surface area contributed by atoms with Gasteiger partial charge in [0, 0.05) is 0 Å². The lowest BCUT2D eigenvalue weighted by atomic mass is 10.2. The summed E-state index contributed by atoms with van der Waals surface area (Å²) in [6.07, 6.45) is 2.49. The van der Waals surface area contributed by atoms with Crippen LogP contribution in [0.25, 0.3) is 11.2 Å². The Hall–Kier alpha value is -3.19. The van der Waals surface area contributed by atoms with E-state index in [-0.39, 0.29) is 5.82 Å². The number of fused-ring (bicyclic) bond motifs is 1. The number of H-pyrrole nitrogens is 1. The predicted octanol–water partition coefficient (Wildman–Crippen LogP) is 1.82. The molecule has 10 nitrogen and oxygen atoms in total. The van der Waals surface area contributed by atoms with Gasteiger partial charge < -0.3 is 10.3 Å². The minimum absolute atomic E-state index is 0.0477. The maximum absolute atomic E-state index is 14.2. The minimum Gasteiger partial charge on any atom is -0.340 e. The Balaban J connectivity index is 1.83. The third-order valence-corrected chi connectivity index (χ3v) is 3.38. The van der Waals surface area contributed by atoms with Crippen LogP contribution >= 0.6 is 0 Å². The maximum atomic E-state index is 14.2. The standard InChI is InChI=1S/C12H9F2N7O3S/c13-5-1-2-6(21-25(23)24)7(14)8(5)19-12(22)20-11-9-10(16-3-15-9)17-4-18-11/h1-4,21H,(H,23,24)(H3,15,16,17,18,19,20,22). The lowest BCUT2D eigenvalue weighted by Crippen LogP contribution is -2.22. The fourth-order valence-electron chi connectivity index (χ4n) is 1.95. The lowest BCUT2D eigenvalue weighted by Gasteiger charge is -2.11. The van der Waals surface area contributed by atoms with Gasteiger partial charge in [-0.15, -0.1) is 0 Å². The molecule has 0 saturated carbocycles. The van der Waals surface area contributed by atoms with Crippen molar-refractivity contribution in [1.29, 1.82) is 0 Å². The number of carbonyl (C=O) groups excluding carboxylic acids is 1. The van der Waals surface area contributed by atoms with E-state index >= 15 is 0 Å². The maximum Gasteiger partial charge on any atom is 0.325 e. The van der Waals surface area contributed by atoms with Gasteiger partial charge in [-0.1, -0.05) is 0 Å². The monoisotopic (exact) mass is 369 g/mol. The van der Waals surface area contributed by atoms with E-state index in [2.05, 4.69) is 25.3 Å². The van der Waals surface area contributed by atoms with Crippen molar-refractivity contribution < 1.29 is 22.3 Å². The zero-order valence-electron chi connectivity index (χ0n) is 12.1. The van der Waals surface area contributed by atoms with Crippen LogP contribution in [0.4, 0.5) is 30.8 Å². The van der Waals surface area contributed by atoms with Crippen LogP contribution in [0.2, 0.25) is 0 Å². The molecule has 5 N–H and O–H groups in total.